The van der Waals surface area contributed by atoms with Crippen LogP contribution in [0.2, 0.25) is 0 Å². The molecule has 0 bridgehead atoms. The molecule has 4 heteroatoms. The summed E-state index contributed by atoms with van der Waals surface area (Å²) in [7, 11) is 2.04. The molecule has 1 aliphatic rings. The second kappa shape index (κ2) is 5.26. The van der Waals surface area contributed by atoms with E-state index < -0.39 is 0 Å². The van der Waals surface area contributed by atoms with Gasteiger partial charge in [0.15, 0.2) is 0 Å². The minimum absolute atomic E-state index is 0.279. The smallest absolute Gasteiger partial charge is 0.116 e. The predicted molar refractivity (Wildman–Crippen MR) is 64.3 cm³/mol. The zero-order valence-electron chi connectivity index (χ0n) is 10.1. The van der Waals surface area contributed by atoms with Gasteiger partial charge in [-0.15, -0.1) is 0 Å². The van der Waals surface area contributed by atoms with E-state index >= 15 is 0 Å². The Hall–Kier alpha value is -1.44. The number of pyridine rings is 1. The number of rotatable bonds is 5. The van der Waals surface area contributed by atoms with E-state index in [-0.39, 0.29) is 5.41 Å². The van der Waals surface area contributed by atoms with Gasteiger partial charge in [0, 0.05) is 31.4 Å². The van der Waals surface area contributed by atoms with Gasteiger partial charge in [0.25, 0.3) is 0 Å². The Labute approximate surface area is 102 Å². The van der Waals surface area contributed by atoms with Crippen molar-refractivity contribution in [3.8, 4) is 6.07 Å². The molecule has 17 heavy (non-hydrogen) atoms. The fourth-order valence-corrected chi connectivity index (χ4v) is 1.99. The van der Waals surface area contributed by atoms with Gasteiger partial charge in [-0.2, -0.15) is 5.26 Å². The fourth-order valence-electron chi connectivity index (χ4n) is 1.99. The zero-order valence-corrected chi connectivity index (χ0v) is 10.1. The van der Waals surface area contributed by atoms with E-state index in [0.717, 1.165) is 25.2 Å². The molecule has 0 saturated carbocycles. The lowest BCUT2D eigenvalue weighted by Gasteiger charge is -2.37. The Kier molecular flexibility index (Phi) is 3.72. The first-order valence-corrected chi connectivity index (χ1v) is 5.82. The molecule has 90 valence electrons. The van der Waals surface area contributed by atoms with E-state index in [1.165, 1.54) is 0 Å². The van der Waals surface area contributed by atoms with Crippen LogP contribution in [0, 0.1) is 16.7 Å². The van der Waals surface area contributed by atoms with E-state index in [9.17, 15) is 0 Å². The number of nitrogens with zero attached hydrogens (tertiary/aromatic N) is 3. The molecule has 1 aromatic rings. The highest BCUT2D eigenvalue weighted by Crippen LogP contribution is 2.27. The van der Waals surface area contributed by atoms with E-state index in [1.807, 2.05) is 31.4 Å². The Morgan fingerprint density at radius 2 is 2.35 bits per heavy atom. The predicted octanol–water partition coefficient (Wildman–Crippen LogP) is 1.10. The van der Waals surface area contributed by atoms with Gasteiger partial charge in [-0.3, -0.25) is 4.98 Å². The monoisotopic (exact) mass is 231 g/mol. The van der Waals surface area contributed by atoms with Crippen molar-refractivity contribution in [2.24, 2.45) is 5.41 Å². The summed E-state index contributed by atoms with van der Waals surface area (Å²) in [5.41, 5.74) is 0.814. The van der Waals surface area contributed by atoms with Crippen LogP contribution in [0.1, 0.15) is 5.69 Å². The van der Waals surface area contributed by atoms with Crippen LogP contribution < -0.4 is 0 Å². The fraction of sp³-hybridized carbons (Fsp3) is 0.538. The van der Waals surface area contributed by atoms with Crippen LogP contribution in [0.4, 0.5) is 0 Å². The second-order valence-corrected chi connectivity index (χ2v) is 4.69. The standard InChI is InChI=1S/C13H17N3O/c1-16(9-13(8-14)10-17-11-13)7-5-12-4-2-3-6-15-12/h2-4,6H,5,7,9-11H2,1H3. The molecule has 1 aliphatic heterocycles. The second-order valence-electron chi connectivity index (χ2n) is 4.69. The highest BCUT2D eigenvalue weighted by molar-refractivity contribution is 5.06. The van der Waals surface area contributed by atoms with Crippen LogP contribution in [0.25, 0.3) is 0 Å². The Morgan fingerprint density at radius 3 is 2.88 bits per heavy atom. The van der Waals surface area contributed by atoms with E-state index in [1.54, 1.807) is 0 Å². The first-order chi connectivity index (χ1) is 8.24. The average Bonchev–Trinajstić information content (AvgIpc) is 2.33. The van der Waals surface area contributed by atoms with Gasteiger partial charge in [0.1, 0.15) is 5.41 Å². The van der Waals surface area contributed by atoms with Crippen LogP contribution in [-0.4, -0.2) is 43.2 Å². The van der Waals surface area contributed by atoms with Gasteiger partial charge in [-0.1, -0.05) is 6.07 Å². The molecule has 2 rings (SSSR count). The Morgan fingerprint density at radius 1 is 1.53 bits per heavy atom. The molecule has 0 spiro atoms. The van der Waals surface area contributed by atoms with Crippen molar-refractivity contribution in [3.05, 3.63) is 30.1 Å². The van der Waals surface area contributed by atoms with Gasteiger partial charge >= 0.3 is 0 Å². The summed E-state index contributed by atoms with van der Waals surface area (Å²) in [5, 5.41) is 9.10. The number of likely N-dealkylation sites (N-methyl/N-ethyl adjacent to an activating group) is 1. The third kappa shape index (κ3) is 3.02. The summed E-state index contributed by atoms with van der Waals surface area (Å²) < 4.78 is 5.13. The molecule has 1 fully saturated rings. The van der Waals surface area contributed by atoms with Crippen molar-refractivity contribution >= 4 is 0 Å². The van der Waals surface area contributed by atoms with Gasteiger partial charge in [-0.25, -0.2) is 0 Å². The number of hydrogen-bond donors (Lipinski definition) is 0. The molecular weight excluding hydrogens is 214 g/mol. The number of aromatic nitrogens is 1. The van der Waals surface area contributed by atoms with Crippen molar-refractivity contribution in [1.82, 2.24) is 9.88 Å². The van der Waals surface area contributed by atoms with Crippen molar-refractivity contribution in [2.45, 2.75) is 6.42 Å². The first kappa shape index (κ1) is 12.0. The molecule has 1 saturated heterocycles. The first-order valence-electron chi connectivity index (χ1n) is 5.82. The lowest BCUT2D eigenvalue weighted by molar-refractivity contribution is -0.0886. The molecule has 0 aliphatic carbocycles. The maximum atomic E-state index is 9.10. The Balaban J connectivity index is 1.78. The van der Waals surface area contributed by atoms with Crippen LogP contribution >= 0.6 is 0 Å². The zero-order chi connectivity index (χ0) is 12.1. The number of hydrogen-bond acceptors (Lipinski definition) is 4. The molecule has 1 aromatic heterocycles. The number of nitriles is 1. The van der Waals surface area contributed by atoms with Crippen LogP contribution in [0.15, 0.2) is 24.4 Å². The van der Waals surface area contributed by atoms with Crippen molar-refractivity contribution in [3.63, 3.8) is 0 Å². The van der Waals surface area contributed by atoms with Crippen LogP contribution in [-0.2, 0) is 11.2 Å². The van der Waals surface area contributed by atoms with Crippen molar-refractivity contribution < 1.29 is 4.74 Å². The molecule has 4 nitrogen and oxygen atoms in total. The van der Waals surface area contributed by atoms with Gasteiger partial charge in [-0.05, 0) is 19.2 Å². The largest absolute Gasteiger partial charge is 0.378 e. The molecular formula is C13H17N3O. The van der Waals surface area contributed by atoms with Crippen LogP contribution in [0.5, 0.6) is 0 Å². The summed E-state index contributed by atoms with van der Waals surface area (Å²) in [6.07, 6.45) is 2.73. The summed E-state index contributed by atoms with van der Waals surface area (Å²) in [4.78, 5) is 6.47. The van der Waals surface area contributed by atoms with E-state index in [0.29, 0.717) is 13.2 Å². The van der Waals surface area contributed by atoms with Crippen LogP contribution in [0.3, 0.4) is 0 Å². The normalized spacial score (nSPS) is 17.5. The van der Waals surface area contributed by atoms with E-state index in [4.69, 9.17) is 10.00 Å². The topological polar surface area (TPSA) is 49.2 Å². The van der Waals surface area contributed by atoms with Crippen molar-refractivity contribution in [1.29, 1.82) is 5.26 Å². The molecule has 0 amide bonds. The summed E-state index contributed by atoms with van der Waals surface area (Å²) in [6.45, 7) is 2.83. The minimum Gasteiger partial charge on any atom is -0.378 e. The quantitative estimate of drug-likeness (QED) is 0.761. The third-order valence-corrected chi connectivity index (χ3v) is 3.04. The third-order valence-electron chi connectivity index (χ3n) is 3.04. The average molecular weight is 231 g/mol. The van der Waals surface area contributed by atoms with Gasteiger partial charge in [0.2, 0.25) is 0 Å². The molecule has 0 atom stereocenters. The molecule has 0 unspecified atom stereocenters. The van der Waals surface area contributed by atoms with Gasteiger partial charge in [0.05, 0.1) is 19.3 Å². The number of ether oxygens (including phenoxy) is 1. The van der Waals surface area contributed by atoms with E-state index in [2.05, 4.69) is 16.0 Å². The summed E-state index contributed by atoms with van der Waals surface area (Å²) >= 11 is 0. The highest BCUT2D eigenvalue weighted by Gasteiger charge is 2.39. The minimum atomic E-state index is -0.279. The summed E-state index contributed by atoms with van der Waals surface area (Å²) in [6, 6.07) is 8.31. The summed E-state index contributed by atoms with van der Waals surface area (Å²) in [5.74, 6) is 0. The molecule has 0 aromatic carbocycles. The maximum absolute atomic E-state index is 9.10. The lowest BCUT2D eigenvalue weighted by Crippen LogP contribution is -2.49. The highest BCUT2D eigenvalue weighted by atomic mass is 16.5. The lowest BCUT2D eigenvalue weighted by atomic mass is 9.87. The Bertz CT molecular complexity index is 395. The van der Waals surface area contributed by atoms with Crippen molar-refractivity contribution in [2.75, 3.05) is 33.4 Å². The molecule has 0 radical (unpaired) electrons. The maximum Gasteiger partial charge on any atom is 0.116 e. The molecule has 2 heterocycles. The van der Waals surface area contributed by atoms with Gasteiger partial charge < -0.3 is 9.64 Å². The SMILES string of the molecule is CN(CCc1ccccn1)CC1(C#N)COC1. The molecule has 0 N–H and O–H groups in total.